The van der Waals surface area contributed by atoms with E-state index in [1.54, 1.807) is 32.0 Å². The molecule has 8 atom stereocenters. The van der Waals surface area contributed by atoms with Gasteiger partial charge in [0.1, 0.15) is 12.2 Å². The van der Waals surface area contributed by atoms with Gasteiger partial charge in [0.05, 0.1) is 11.3 Å². The van der Waals surface area contributed by atoms with E-state index in [1.807, 2.05) is 0 Å². The van der Waals surface area contributed by atoms with Crippen molar-refractivity contribution in [3.63, 3.8) is 0 Å². The number of halogens is 1. The molecule has 8 heteroatoms. The number of hydrogen-bond acceptors (Lipinski definition) is 7. The van der Waals surface area contributed by atoms with Crippen molar-refractivity contribution < 1.29 is 29.3 Å². The zero-order valence-electron chi connectivity index (χ0n) is 18.0. The van der Waals surface area contributed by atoms with Gasteiger partial charge in [0, 0.05) is 16.7 Å². The first-order valence-corrected chi connectivity index (χ1v) is 11.0. The Hall–Kier alpha value is -1.57. The summed E-state index contributed by atoms with van der Waals surface area (Å²) in [6.45, 7) is 4.48. The molecule has 0 bridgehead atoms. The van der Waals surface area contributed by atoms with Crippen LogP contribution >= 0.6 is 12.2 Å². The Bertz CT molecular complexity index is 898. The van der Waals surface area contributed by atoms with Crippen molar-refractivity contribution >= 4 is 28.9 Å². The highest BCUT2D eigenvalue weighted by molar-refractivity contribution is 7.78. The predicted molar refractivity (Wildman–Crippen MR) is 115 cm³/mol. The molecule has 0 saturated heterocycles. The lowest BCUT2D eigenvalue weighted by atomic mass is 9.44. The monoisotopic (exact) mass is 451 g/mol. The van der Waals surface area contributed by atoms with Gasteiger partial charge in [-0.3, -0.25) is 9.59 Å². The van der Waals surface area contributed by atoms with Crippen molar-refractivity contribution in [1.82, 2.24) is 0 Å². The van der Waals surface area contributed by atoms with Crippen LogP contribution in [0.15, 0.2) is 23.8 Å². The third-order valence-electron chi connectivity index (χ3n) is 8.79. The fourth-order valence-electron chi connectivity index (χ4n) is 7.26. The van der Waals surface area contributed by atoms with Crippen LogP contribution in [0.4, 0.5) is 4.39 Å². The molecule has 4 aliphatic rings. The smallest absolute Gasteiger partial charge is 0.190 e. The number of aliphatic hydroxyl groups excluding tert-OH is 2. The Morgan fingerprint density at radius 3 is 2.58 bits per heavy atom. The highest BCUT2D eigenvalue weighted by Gasteiger charge is 2.75. The van der Waals surface area contributed by atoms with Crippen molar-refractivity contribution in [2.45, 2.75) is 63.8 Å². The molecule has 0 radical (unpaired) electrons. The number of carbonyl (C=O) groups excluding carboxylic acids is 2. The Morgan fingerprint density at radius 2 is 2.00 bits per heavy atom. The van der Waals surface area contributed by atoms with Crippen LogP contribution < -0.4 is 0 Å². The number of ketones is 2. The van der Waals surface area contributed by atoms with Crippen LogP contribution in [0.2, 0.25) is 0 Å². The quantitative estimate of drug-likeness (QED) is 0.379. The maximum atomic E-state index is 16.9. The molecular formula is C23H30FNO5S. The first kappa shape index (κ1) is 24.1. The van der Waals surface area contributed by atoms with Gasteiger partial charge in [-0.25, -0.2) is 9.80 Å². The van der Waals surface area contributed by atoms with E-state index in [1.165, 1.54) is 12.2 Å². The Labute approximate surface area is 186 Å². The molecule has 0 aliphatic heterocycles. The molecule has 6 nitrogen and oxygen atoms in total. The molecule has 0 spiro atoms. The number of rotatable bonds is 2. The summed E-state index contributed by atoms with van der Waals surface area (Å²) in [5.74, 6) is -2.12. The maximum absolute atomic E-state index is 16.9. The second-order valence-corrected chi connectivity index (χ2v) is 10.1. The molecule has 4 N–H and O–H groups in total. The molecule has 170 valence electrons. The summed E-state index contributed by atoms with van der Waals surface area (Å²) in [5.41, 5.74) is -5.17. The molecule has 0 aromatic heterocycles. The fraction of sp³-hybridized carbons (Fsp3) is 0.696. The lowest BCUT2D eigenvalue weighted by Gasteiger charge is -2.62. The number of Topliss-reactive ketones (excluding diaryl/α,β-unsaturated/α-hetero) is 1. The summed E-state index contributed by atoms with van der Waals surface area (Å²) in [7, 11) is 0. The van der Waals surface area contributed by atoms with Gasteiger partial charge in [0.15, 0.2) is 17.2 Å². The summed E-state index contributed by atoms with van der Waals surface area (Å²) in [6.07, 6.45) is 4.44. The minimum atomic E-state index is -1.98. The number of nitrogens with one attached hydrogen (secondary N) is 1. The van der Waals surface area contributed by atoms with Crippen LogP contribution in [-0.4, -0.2) is 56.0 Å². The summed E-state index contributed by atoms with van der Waals surface area (Å²) in [5, 5.41) is 39.3. The Morgan fingerprint density at radius 1 is 1.39 bits per heavy atom. The van der Waals surface area contributed by atoms with E-state index in [9.17, 15) is 24.9 Å². The number of alkyl halides is 1. The van der Waals surface area contributed by atoms with Crippen LogP contribution in [-0.2, 0) is 9.59 Å². The van der Waals surface area contributed by atoms with E-state index < -0.39 is 52.4 Å². The maximum Gasteiger partial charge on any atom is 0.190 e. The van der Waals surface area contributed by atoms with Gasteiger partial charge in [-0.1, -0.05) is 25.5 Å². The summed E-state index contributed by atoms with van der Waals surface area (Å²) in [4.78, 5) is 24.4. The predicted octanol–water partition coefficient (Wildman–Crippen LogP) is 2.56. The first-order valence-electron chi connectivity index (χ1n) is 10.6. The van der Waals surface area contributed by atoms with Crippen molar-refractivity contribution in [1.29, 1.82) is 5.41 Å². The van der Waals surface area contributed by atoms with Crippen LogP contribution in [0, 0.1) is 34.0 Å². The third-order valence-corrected chi connectivity index (χ3v) is 8.79. The molecule has 4 rings (SSSR count). The molecule has 0 heterocycles. The SMILES string of the molecule is C[C@@H]1C[C@H]2[C@@H]3CCC4=CC(=O)C=C[C@]4(C)[C@@]3(F)[C@@H](O)C[C@]2(C)[C@@]1(O)C(=O)CO.N=C=S. The lowest BCUT2D eigenvalue weighted by molar-refractivity contribution is -0.219. The highest BCUT2D eigenvalue weighted by Crippen LogP contribution is 2.70. The van der Waals surface area contributed by atoms with Crippen molar-refractivity contribution in [2.75, 3.05) is 6.61 Å². The number of hydrogen-bond donors (Lipinski definition) is 4. The highest BCUT2D eigenvalue weighted by atomic mass is 32.1. The van der Waals surface area contributed by atoms with E-state index in [0.717, 1.165) is 0 Å². The van der Waals surface area contributed by atoms with Crippen LogP contribution in [0.1, 0.15) is 46.5 Å². The number of isothiocyanates is 1. The molecular weight excluding hydrogens is 421 g/mol. The van der Waals surface area contributed by atoms with Crippen molar-refractivity contribution in [2.24, 2.45) is 28.6 Å². The van der Waals surface area contributed by atoms with E-state index in [0.29, 0.717) is 24.8 Å². The van der Waals surface area contributed by atoms with E-state index in [4.69, 9.17) is 5.41 Å². The van der Waals surface area contributed by atoms with E-state index in [-0.39, 0.29) is 18.1 Å². The number of allylic oxidation sites excluding steroid dienone is 4. The van der Waals surface area contributed by atoms with Gasteiger partial charge >= 0.3 is 0 Å². The molecule has 31 heavy (non-hydrogen) atoms. The molecule has 3 saturated carbocycles. The van der Waals surface area contributed by atoms with Crippen LogP contribution in [0.25, 0.3) is 0 Å². The molecule has 0 amide bonds. The summed E-state index contributed by atoms with van der Waals surface area (Å²) in [6, 6.07) is 0. The standard InChI is InChI=1S/C22H29FO5.CHNS/c1-12-8-16-15-5-4-13-9-14(25)6-7-19(13,2)21(15,23)17(26)10-20(16,3)22(12,28)18(27)11-24;2-1-3/h6-7,9,12,15-17,24,26,28H,4-5,8,10-11H2,1-3H3;2H/t12-,15+,16+,17+,19+,20+,21+,22+;/m1./s1. The average molecular weight is 452 g/mol. The molecule has 4 aliphatic carbocycles. The second kappa shape index (κ2) is 7.78. The summed E-state index contributed by atoms with van der Waals surface area (Å²) < 4.78 is 16.9. The van der Waals surface area contributed by atoms with Crippen molar-refractivity contribution in [3.05, 3.63) is 23.8 Å². The van der Waals surface area contributed by atoms with Crippen molar-refractivity contribution in [3.8, 4) is 0 Å². The minimum absolute atomic E-state index is 0.0676. The van der Waals surface area contributed by atoms with E-state index in [2.05, 4.69) is 12.2 Å². The molecule has 0 aromatic rings. The number of carbonyl (C=O) groups is 2. The number of aliphatic hydroxyl groups is 3. The molecule has 3 fully saturated rings. The van der Waals surface area contributed by atoms with Gasteiger partial charge in [-0.05, 0) is 68.8 Å². The normalized spacial score (nSPS) is 47.7. The van der Waals surface area contributed by atoms with E-state index >= 15 is 4.39 Å². The van der Waals surface area contributed by atoms with Gasteiger partial charge in [-0.2, -0.15) is 0 Å². The third kappa shape index (κ3) is 2.92. The van der Waals surface area contributed by atoms with Crippen LogP contribution in [0.3, 0.4) is 0 Å². The van der Waals surface area contributed by atoms with Gasteiger partial charge in [0.2, 0.25) is 0 Å². The second-order valence-electron chi connectivity index (χ2n) is 9.85. The van der Waals surface area contributed by atoms with Gasteiger partial charge in [-0.15, -0.1) is 0 Å². The zero-order valence-corrected chi connectivity index (χ0v) is 18.8. The largest absolute Gasteiger partial charge is 0.390 e. The number of fused-ring (bicyclic) bond motifs is 5. The van der Waals surface area contributed by atoms with Crippen LogP contribution in [0.5, 0.6) is 0 Å². The fourth-order valence-corrected chi connectivity index (χ4v) is 7.26. The topological polar surface area (TPSA) is 119 Å². The minimum Gasteiger partial charge on any atom is -0.390 e. The van der Waals surface area contributed by atoms with Gasteiger partial charge < -0.3 is 15.3 Å². The average Bonchev–Trinajstić information content (AvgIpc) is 2.91. The lowest BCUT2D eigenvalue weighted by Crippen LogP contribution is -2.69. The molecule has 0 aromatic carbocycles. The Kier molecular flexibility index (Phi) is 6.04. The summed E-state index contributed by atoms with van der Waals surface area (Å²) >= 11 is 3.81. The zero-order chi connectivity index (χ0) is 23.4. The van der Waals surface area contributed by atoms with Gasteiger partial charge in [0.25, 0.3) is 0 Å². The number of thiocarbonyl (C=S) groups is 1. The Balaban J connectivity index is 0.000000858. The molecule has 0 unspecified atom stereocenters. The first-order chi connectivity index (χ1) is 14.4.